The summed E-state index contributed by atoms with van der Waals surface area (Å²) in [6.45, 7) is 4.46. The van der Waals surface area contributed by atoms with Crippen LogP contribution in [0.1, 0.15) is 102 Å². The summed E-state index contributed by atoms with van der Waals surface area (Å²) in [6, 6.07) is 7.59. The Morgan fingerprint density at radius 1 is 0.969 bits per heavy atom. The van der Waals surface area contributed by atoms with Crippen LogP contribution < -0.4 is 4.74 Å². The minimum atomic E-state index is -0.150. The first kappa shape index (κ1) is 24.4. The molecule has 1 heterocycles. The molecule has 1 atom stereocenters. The van der Waals surface area contributed by atoms with E-state index in [1.165, 1.54) is 69.0 Å². The monoisotopic (exact) mass is 436 g/mol. The molecule has 0 saturated heterocycles. The number of carbonyl (C=O) groups excluding carboxylic acids is 1. The number of aryl methyl sites for hydroxylation is 1. The number of ether oxygens (including phenoxy) is 1. The van der Waals surface area contributed by atoms with Gasteiger partial charge < -0.3 is 4.74 Å². The highest BCUT2D eigenvalue weighted by atomic mass is 16.5. The van der Waals surface area contributed by atoms with Crippen LogP contribution in [0, 0.1) is 5.92 Å². The maximum atomic E-state index is 12.0. The normalized spacial score (nSPS) is 15.4. The Hall–Kier alpha value is -2.23. The molecule has 1 aliphatic rings. The fourth-order valence-electron chi connectivity index (χ4n) is 4.56. The molecule has 4 heteroatoms. The quantitative estimate of drug-likeness (QED) is 0.185. The SMILES string of the molecule is CCCCCCCC(=O)Oc1ccc(-c2ncc3c(n2)CCC(CCCCCC)C3)cc1. The van der Waals surface area contributed by atoms with Gasteiger partial charge in [-0.15, -0.1) is 0 Å². The number of hydrogen-bond donors (Lipinski definition) is 0. The number of rotatable bonds is 13. The van der Waals surface area contributed by atoms with Crippen LogP contribution in [0.2, 0.25) is 0 Å². The fraction of sp³-hybridized carbons (Fsp3) is 0.607. The van der Waals surface area contributed by atoms with Crippen LogP contribution in [0.15, 0.2) is 30.5 Å². The average molecular weight is 437 g/mol. The molecular formula is C28H40N2O2. The molecule has 0 radical (unpaired) electrons. The van der Waals surface area contributed by atoms with Gasteiger partial charge in [-0.3, -0.25) is 4.79 Å². The van der Waals surface area contributed by atoms with Gasteiger partial charge >= 0.3 is 5.97 Å². The Kier molecular flexibility index (Phi) is 10.2. The van der Waals surface area contributed by atoms with Gasteiger partial charge in [0, 0.05) is 23.9 Å². The van der Waals surface area contributed by atoms with E-state index in [1.807, 2.05) is 30.5 Å². The van der Waals surface area contributed by atoms with Gasteiger partial charge in [-0.1, -0.05) is 71.6 Å². The number of unbranched alkanes of at least 4 members (excludes halogenated alkanes) is 7. The van der Waals surface area contributed by atoms with E-state index in [1.54, 1.807) is 0 Å². The van der Waals surface area contributed by atoms with Crippen molar-refractivity contribution in [1.29, 1.82) is 0 Å². The maximum Gasteiger partial charge on any atom is 0.311 e. The summed E-state index contributed by atoms with van der Waals surface area (Å²) < 4.78 is 5.48. The number of carbonyl (C=O) groups is 1. The number of fused-ring (bicyclic) bond motifs is 1. The minimum Gasteiger partial charge on any atom is -0.427 e. The predicted octanol–water partition coefficient (Wildman–Crippen LogP) is 7.48. The van der Waals surface area contributed by atoms with Gasteiger partial charge in [0.1, 0.15) is 5.75 Å². The van der Waals surface area contributed by atoms with Crippen molar-refractivity contribution in [3.05, 3.63) is 41.7 Å². The Labute approximate surface area is 194 Å². The smallest absolute Gasteiger partial charge is 0.311 e. The van der Waals surface area contributed by atoms with Crippen molar-refractivity contribution in [2.24, 2.45) is 5.92 Å². The summed E-state index contributed by atoms with van der Waals surface area (Å²) in [5, 5.41) is 0. The molecule has 32 heavy (non-hydrogen) atoms. The first-order valence-electron chi connectivity index (χ1n) is 12.9. The van der Waals surface area contributed by atoms with Gasteiger partial charge in [-0.25, -0.2) is 9.97 Å². The molecule has 1 unspecified atom stereocenters. The Morgan fingerprint density at radius 3 is 2.44 bits per heavy atom. The lowest BCUT2D eigenvalue weighted by Gasteiger charge is -2.24. The Bertz CT molecular complexity index is 832. The average Bonchev–Trinajstić information content (AvgIpc) is 2.82. The first-order chi connectivity index (χ1) is 15.7. The van der Waals surface area contributed by atoms with Gasteiger partial charge in [0.25, 0.3) is 0 Å². The molecular weight excluding hydrogens is 396 g/mol. The molecule has 4 nitrogen and oxygen atoms in total. The van der Waals surface area contributed by atoms with Gasteiger partial charge in [0.2, 0.25) is 0 Å². The largest absolute Gasteiger partial charge is 0.427 e. The third kappa shape index (κ3) is 7.72. The van der Waals surface area contributed by atoms with Crippen molar-refractivity contribution >= 4 is 5.97 Å². The van der Waals surface area contributed by atoms with E-state index in [0.29, 0.717) is 12.2 Å². The summed E-state index contributed by atoms with van der Waals surface area (Å²) in [6.07, 6.45) is 18.3. The van der Waals surface area contributed by atoms with Crippen LogP contribution in [0.5, 0.6) is 5.75 Å². The van der Waals surface area contributed by atoms with E-state index in [-0.39, 0.29) is 5.97 Å². The zero-order chi connectivity index (χ0) is 22.6. The van der Waals surface area contributed by atoms with E-state index < -0.39 is 0 Å². The van der Waals surface area contributed by atoms with Crippen LogP contribution in [0.3, 0.4) is 0 Å². The Balaban J connectivity index is 1.49. The molecule has 1 aromatic carbocycles. The number of esters is 1. The Morgan fingerprint density at radius 2 is 1.69 bits per heavy atom. The highest BCUT2D eigenvalue weighted by Gasteiger charge is 2.20. The van der Waals surface area contributed by atoms with Crippen LogP contribution in [0.25, 0.3) is 11.4 Å². The molecule has 1 aromatic heterocycles. The predicted molar refractivity (Wildman–Crippen MR) is 131 cm³/mol. The van der Waals surface area contributed by atoms with Crippen molar-refractivity contribution in [3.63, 3.8) is 0 Å². The number of hydrogen-bond acceptors (Lipinski definition) is 4. The summed E-state index contributed by atoms with van der Waals surface area (Å²) in [4.78, 5) is 21.5. The fourth-order valence-corrected chi connectivity index (χ4v) is 4.56. The maximum absolute atomic E-state index is 12.0. The van der Waals surface area contributed by atoms with Gasteiger partial charge in [-0.2, -0.15) is 0 Å². The summed E-state index contributed by atoms with van der Waals surface area (Å²) in [7, 11) is 0. The minimum absolute atomic E-state index is 0.150. The molecule has 0 amide bonds. The first-order valence-corrected chi connectivity index (χ1v) is 12.9. The molecule has 2 aromatic rings. The van der Waals surface area contributed by atoms with E-state index in [0.717, 1.165) is 43.0 Å². The number of nitrogens with zero attached hydrogens (tertiary/aromatic N) is 2. The lowest BCUT2D eigenvalue weighted by Crippen LogP contribution is -2.16. The molecule has 1 aliphatic carbocycles. The summed E-state index contributed by atoms with van der Waals surface area (Å²) in [5.74, 6) is 1.99. The highest BCUT2D eigenvalue weighted by Crippen LogP contribution is 2.29. The van der Waals surface area contributed by atoms with Crippen molar-refractivity contribution in [3.8, 4) is 17.1 Å². The van der Waals surface area contributed by atoms with Gasteiger partial charge in [0.05, 0.1) is 0 Å². The zero-order valence-electron chi connectivity index (χ0n) is 20.1. The lowest BCUT2D eigenvalue weighted by atomic mass is 9.84. The second-order valence-electron chi connectivity index (χ2n) is 9.29. The van der Waals surface area contributed by atoms with Gasteiger partial charge in [-0.05, 0) is 61.4 Å². The van der Waals surface area contributed by atoms with Crippen LogP contribution in [0.4, 0.5) is 0 Å². The topological polar surface area (TPSA) is 52.1 Å². The van der Waals surface area contributed by atoms with Crippen LogP contribution in [-0.2, 0) is 17.6 Å². The van der Waals surface area contributed by atoms with Crippen molar-refractivity contribution < 1.29 is 9.53 Å². The third-order valence-corrected chi connectivity index (χ3v) is 6.55. The van der Waals surface area contributed by atoms with E-state index in [2.05, 4.69) is 18.8 Å². The number of aromatic nitrogens is 2. The molecule has 0 aliphatic heterocycles. The van der Waals surface area contributed by atoms with Crippen molar-refractivity contribution in [2.75, 3.05) is 0 Å². The highest BCUT2D eigenvalue weighted by molar-refractivity contribution is 5.72. The van der Waals surface area contributed by atoms with Crippen molar-refractivity contribution in [2.45, 2.75) is 104 Å². The summed E-state index contributed by atoms with van der Waals surface area (Å²) in [5.41, 5.74) is 3.50. The van der Waals surface area contributed by atoms with E-state index in [4.69, 9.17) is 9.72 Å². The van der Waals surface area contributed by atoms with E-state index >= 15 is 0 Å². The zero-order valence-corrected chi connectivity index (χ0v) is 20.1. The second kappa shape index (κ2) is 13.3. The third-order valence-electron chi connectivity index (χ3n) is 6.55. The molecule has 174 valence electrons. The summed E-state index contributed by atoms with van der Waals surface area (Å²) >= 11 is 0. The molecule has 0 N–H and O–H groups in total. The van der Waals surface area contributed by atoms with Crippen LogP contribution in [-0.4, -0.2) is 15.9 Å². The number of benzene rings is 1. The molecule has 3 rings (SSSR count). The molecule has 0 fully saturated rings. The lowest BCUT2D eigenvalue weighted by molar-refractivity contribution is -0.134. The van der Waals surface area contributed by atoms with Crippen molar-refractivity contribution in [1.82, 2.24) is 9.97 Å². The van der Waals surface area contributed by atoms with Crippen LogP contribution >= 0.6 is 0 Å². The van der Waals surface area contributed by atoms with E-state index in [9.17, 15) is 4.79 Å². The molecule has 0 bridgehead atoms. The standard InChI is InChI=1S/C28H40N2O2/c1-3-5-7-9-11-13-27(31)32-25-17-15-23(16-18-25)28-29-21-24-20-22(12-10-8-6-4-2)14-19-26(24)30-28/h15-18,21-22H,3-14,19-20H2,1-2H3. The molecule has 0 spiro atoms. The molecule has 0 saturated carbocycles. The van der Waals surface area contributed by atoms with Gasteiger partial charge in [0.15, 0.2) is 5.82 Å². The second-order valence-corrected chi connectivity index (χ2v) is 9.29.